The van der Waals surface area contributed by atoms with Gasteiger partial charge in [0.1, 0.15) is 11.9 Å². The summed E-state index contributed by atoms with van der Waals surface area (Å²) in [5.74, 6) is 1.67. The molecule has 91 heavy (non-hydrogen) atoms. The number of methoxy groups -OCH3 is 1. The van der Waals surface area contributed by atoms with Crippen molar-refractivity contribution in [3.63, 3.8) is 0 Å². The first-order valence-corrected chi connectivity index (χ1v) is 36.0. The lowest BCUT2D eigenvalue weighted by molar-refractivity contribution is -0.807. The van der Waals surface area contributed by atoms with E-state index in [1.165, 1.54) is 49.8 Å². The van der Waals surface area contributed by atoms with Gasteiger partial charge in [0.2, 0.25) is 5.82 Å². The van der Waals surface area contributed by atoms with Gasteiger partial charge >= 0.3 is 5.97 Å². The molecular formula is C75H137N12O4+. The van der Waals surface area contributed by atoms with Gasteiger partial charge in [-0.05, 0) is 254 Å². The summed E-state index contributed by atoms with van der Waals surface area (Å²) in [7, 11) is 4.18. The molecule has 0 amide bonds. The molecule has 5 aliphatic heterocycles. The van der Waals surface area contributed by atoms with E-state index in [9.17, 15) is 9.59 Å². The first-order chi connectivity index (χ1) is 41.8. The van der Waals surface area contributed by atoms with Crippen LogP contribution in [0.4, 0.5) is 5.95 Å². The highest BCUT2D eigenvalue weighted by atomic mass is 16.5. The Morgan fingerprint density at radius 1 is 0.527 bits per heavy atom. The summed E-state index contributed by atoms with van der Waals surface area (Å²) in [5, 5.41) is 24.4. The van der Waals surface area contributed by atoms with Crippen LogP contribution in [0.3, 0.4) is 0 Å². The number of rotatable bonds is 26. The van der Waals surface area contributed by atoms with E-state index < -0.39 is 0 Å². The van der Waals surface area contributed by atoms with Crippen molar-refractivity contribution in [1.29, 1.82) is 0 Å². The number of carbonyl (C=O) groups excluding carboxylic acids is 2. The Labute approximate surface area is 556 Å². The van der Waals surface area contributed by atoms with Gasteiger partial charge in [-0.25, -0.2) is 0 Å². The van der Waals surface area contributed by atoms with Crippen LogP contribution in [0.15, 0.2) is 24.3 Å². The number of esters is 1. The number of nitrogens with zero attached hydrogens (tertiary/aromatic N) is 9. The molecule has 1 aromatic carbocycles. The minimum atomic E-state index is -0.137. The Balaban J connectivity index is 0.000000298. The molecule has 5 fully saturated rings. The number of Topliss-reactive ketones (excluding diaryl/α,β-unsaturated/α-hetero) is 1. The molecule has 1 aromatic heterocycles. The largest absolute Gasteiger partial charge is 0.462 e. The van der Waals surface area contributed by atoms with Gasteiger partial charge in [0.05, 0.1) is 28.9 Å². The van der Waals surface area contributed by atoms with Crippen LogP contribution in [0.25, 0.3) is 0 Å². The molecule has 2 aromatic rings. The number of nitrogens with one attached hydrogen (secondary N) is 3. The predicted octanol–water partition coefficient (Wildman–Crippen LogP) is 13.5. The zero-order chi connectivity index (χ0) is 68.0. The number of likely N-dealkylation sites (tertiary alicyclic amines) is 2. The lowest BCUT2D eigenvalue weighted by Gasteiger charge is -2.55. The fraction of sp³-hybridized carbons (Fsp3) is 0.867. The molecule has 3 N–H and O–H groups in total. The maximum absolute atomic E-state index is 12.5. The van der Waals surface area contributed by atoms with Crippen molar-refractivity contribution >= 4 is 17.7 Å². The minimum absolute atomic E-state index is 0.0322. The first kappa shape index (κ1) is 76.6. The van der Waals surface area contributed by atoms with Crippen molar-refractivity contribution in [2.75, 3.05) is 43.7 Å². The smallest absolute Gasteiger partial charge is 0.306 e. The minimum Gasteiger partial charge on any atom is -0.462 e. The van der Waals surface area contributed by atoms with Gasteiger partial charge < -0.3 is 40.0 Å². The van der Waals surface area contributed by atoms with Crippen LogP contribution < -0.4 is 30.8 Å². The number of hydrogen-bond donors (Lipinski definition) is 3. The Bertz CT molecular complexity index is 2560. The molecular weight excluding hydrogens is 1130 g/mol. The average Bonchev–Trinajstić information content (AvgIpc) is 0.795. The molecule has 16 nitrogen and oxygen atoms in total. The van der Waals surface area contributed by atoms with Crippen molar-refractivity contribution in [2.24, 2.45) is 0 Å². The number of hydrogen-bond acceptors (Lipinski definition) is 15. The molecule has 5 aliphatic rings. The van der Waals surface area contributed by atoms with Crippen LogP contribution in [0, 0.1) is 6.92 Å². The fourth-order valence-electron chi connectivity index (χ4n) is 18.1. The molecule has 0 aliphatic carbocycles. The number of ether oxygens (including phenoxy) is 2. The molecule has 5 saturated heterocycles. The predicted molar refractivity (Wildman–Crippen MR) is 376 cm³/mol. The summed E-state index contributed by atoms with van der Waals surface area (Å²) in [6, 6.07) is 10.5. The fourth-order valence-corrected chi connectivity index (χ4v) is 18.1. The number of carbonyl (C=O) groups is 2. The maximum Gasteiger partial charge on any atom is 0.306 e. The molecule has 0 spiro atoms. The highest BCUT2D eigenvalue weighted by Gasteiger charge is 2.49. The maximum atomic E-state index is 12.5. The second-order valence-corrected chi connectivity index (χ2v) is 35.8. The number of benzene rings is 1. The second-order valence-electron chi connectivity index (χ2n) is 35.8. The van der Waals surface area contributed by atoms with Crippen LogP contribution in [0.5, 0.6) is 0 Å². The van der Waals surface area contributed by atoms with Gasteiger partial charge in [0.15, 0.2) is 4.91 Å². The molecule has 0 saturated carbocycles. The lowest BCUT2D eigenvalue weighted by Crippen LogP contribution is -2.72. The van der Waals surface area contributed by atoms with Crippen LogP contribution >= 0.6 is 0 Å². The van der Waals surface area contributed by atoms with E-state index in [2.05, 4.69) is 217 Å². The van der Waals surface area contributed by atoms with Crippen molar-refractivity contribution in [3.8, 4) is 0 Å². The quantitative estimate of drug-likeness (QED) is 0.0466. The number of ketones is 1. The summed E-state index contributed by atoms with van der Waals surface area (Å²) in [4.78, 5) is 41.1. The van der Waals surface area contributed by atoms with Gasteiger partial charge in [0, 0.05) is 127 Å². The molecule has 6 heterocycles. The van der Waals surface area contributed by atoms with Gasteiger partial charge in [-0.15, -0.1) is 5.01 Å². The lowest BCUT2D eigenvalue weighted by atomic mass is 9.77. The Morgan fingerprint density at radius 2 is 0.934 bits per heavy atom. The molecule has 0 radical (unpaired) electrons. The Kier molecular flexibility index (Phi) is 25.6. The van der Waals surface area contributed by atoms with Gasteiger partial charge in [-0.1, -0.05) is 50.5 Å². The van der Waals surface area contributed by atoms with Crippen molar-refractivity contribution in [1.82, 2.24) is 45.8 Å². The van der Waals surface area contributed by atoms with Crippen molar-refractivity contribution < 1.29 is 24.0 Å². The summed E-state index contributed by atoms with van der Waals surface area (Å²) >= 11 is 0. The third kappa shape index (κ3) is 22.9. The zero-order valence-corrected chi connectivity index (χ0v) is 63.0. The third-order valence-electron chi connectivity index (χ3n) is 20.9. The van der Waals surface area contributed by atoms with E-state index in [-0.39, 0.29) is 73.2 Å². The molecule has 16 heteroatoms. The number of unbranched alkanes of at least 4 members (excludes halogenated alkanes) is 5. The summed E-state index contributed by atoms with van der Waals surface area (Å²) in [6.45, 7) is 57.4. The molecule has 520 valence electrons. The number of anilines is 1. The van der Waals surface area contributed by atoms with Crippen LogP contribution in [0.1, 0.15) is 298 Å². The monoisotopic (exact) mass is 1270 g/mol. The Hall–Kier alpha value is -3.38. The average molecular weight is 1270 g/mol. The van der Waals surface area contributed by atoms with E-state index in [0.717, 1.165) is 115 Å². The van der Waals surface area contributed by atoms with Crippen LogP contribution in [0.2, 0.25) is 0 Å². The summed E-state index contributed by atoms with van der Waals surface area (Å²) < 4.78 is 11.7. The molecule has 0 atom stereocenters. The Morgan fingerprint density at radius 3 is 1.36 bits per heavy atom. The van der Waals surface area contributed by atoms with Crippen LogP contribution in [-0.4, -0.2) is 161 Å². The summed E-state index contributed by atoms with van der Waals surface area (Å²) in [5.41, 5.74) is 3.06. The second kappa shape index (κ2) is 30.4. The number of piperidine rings is 5. The van der Waals surface area contributed by atoms with Crippen molar-refractivity contribution in [2.45, 2.75) is 386 Å². The first-order valence-electron chi connectivity index (χ1n) is 36.0. The number of aryl methyl sites for hydroxylation is 1. The topological polar surface area (TPSA) is 147 Å². The van der Waals surface area contributed by atoms with E-state index in [1.807, 2.05) is 18.9 Å². The van der Waals surface area contributed by atoms with E-state index in [1.54, 1.807) is 6.92 Å². The van der Waals surface area contributed by atoms with Crippen LogP contribution in [-0.2, 0) is 32.2 Å². The van der Waals surface area contributed by atoms with E-state index >= 15 is 0 Å². The third-order valence-corrected chi connectivity index (χ3v) is 20.9. The van der Waals surface area contributed by atoms with E-state index in [4.69, 9.17) is 24.7 Å². The SMILES string of the molecule is CCCCN(C1CC(C)(C)NC(C)(C)C1)[n+]1nc(C)nc(N(CCCCCCN(C)C2CC(C)(C)NC(C)(C)C2)C2CC(C)(C)NC(C)(C)C2)n1.COC1CC(C)(C)N(Cc2ccc(CN3C(C)(C)CC(OC(=O)CCCCC(C)=O)CC3(C)C)cc2)C(C)(C)C1. The molecule has 0 unspecified atom stereocenters. The van der Waals surface area contributed by atoms with E-state index in [0.29, 0.717) is 43.5 Å². The molecule has 0 bridgehead atoms. The molecule has 7 rings (SSSR count). The van der Waals surface area contributed by atoms with Gasteiger partial charge in [-0.3, -0.25) is 14.6 Å². The van der Waals surface area contributed by atoms with Crippen molar-refractivity contribution in [3.05, 3.63) is 41.2 Å². The highest BCUT2D eigenvalue weighted by Crippen LogP contribution is 2.43. The normalized spacial score (nSPS) is 23.9. The van der Waals surface area contributed by atoms with Gasteiger partial charge in [0.25, 0.3) is 5.95 Å². The zero-order valence-electron chi connectivity index (χ0n) is 63.0. The summed E-state index contributed by atoms with van der Waals surface area (Å²) in [6.07, 6.45) is 20.1. The van der Waals surface area contributed by atoms with Gasteiger partial charge in [-0.2, -0.15) is 4.98 Å². The number of aromatic nitrogens is 4. The highest BCUT2D eigenvalue weighted by molar-refractivity contribution is 5.75. The standard InChI is InChI=1S/C41H81N10.C34H56N2O4/c1-16-17-24-50(34-29-40(11,12)47-41(13,14)30-34)51-43-31(2)42-35(44-51)49(33-27-38(7,8)46-39(9,10)28-33)23-21-19-18-20-22-48(15)32-25-36(3,4)45-37(5,6)26-32;1-25(37)13-11-12-14-30(38)40-29-21-33(6,7)36(34(8,9)22-29)24-27-17-15-26(16-18-27)23-35-31(2,3)19-28(39-10)20-32(35,4)5/h32-34,45-47H,16-30H2,1-15H3;15-18,28-29H,11-14,19-24H2,1-10H3/q+1;.